The number of carbonyl (C=O) groups is 1. The van der Waals surface area contributed by atoms with Crippen molar-refractivity contribution in [3.05, 3.63) is 64.8 Å². The third kappa shape index (κ3) is 2.66. The zero-order valence-corrected chi connectivity index (χ0v) is 13.8. The van der Waals surface area contributed by atoms with E-state index in [-0.39, 0.29) is 11.9 Å². The first-order valence-electron chi connectivity index (χ1n) is 7.93. The van der Waals surface area contributed by atoms with E-state index in [1.54, 1.807) is 6.20 Å². The molecule has 2 N–H and O–H groups in total. The molecule has 1 saturated heterocycles. The third-order valence-electron chi connectivity index (χ3n) is 4.45. The summed E-state index contributed by atoms with van der Waals surface area (Å²) >= 11 is 6.31. The molecule has 24 heavy (non-hydrogen) atoms. The zero-order valence-electron chi connectivity index (χ0n) is 13.0. The van der Waals surface area contributed by atoms with E-state index in [0.29, 0.717) is 18.7 Å². The lowest BCUT2D eigenvalue weighted by Gasteiger charge is -2.34. The fourth-order valence-corrected chi connectivity index (χ4v) is 3.49. The molecule has 2 heterocycles. The summed E-state index contributed by atoms with van der Waals surface area (Å²) in [6, 6.07) is 13.5. The number of amides is 1. The number of nitrogens with one attached hydrogen (secondary N) is 2. The van der Waals surface area contributed by atoms with Crippen LogP contribution in [0.25, 0.3) is 10.9 Å². The summed E-state index contributed by atoms with van der Waals surface area (Å²) in [7, 11) is 0. The topological polar surface area (TPSA) is 61.0 Å². The van der Waals surface area contributed by atoms with Gasteiger partial charge in [0.2, 0.25) is 0 Å². The standard InChI is InChI=1S/C18H17ClN4O/c19-15-7-2-1-5-13(15)16-11-23(9-8-20-16)18(24)14-6-3-4-12-10-21-22-17(12)14/h1-7,10,16,20H,8-9,11H2,(H,21,22). The van der Waals surface area contributed by atoms with Crippen LogP contribution in [-0.2, 0) is 0 Å². The largest absolute Gasteiger partial charge is 0.335 e. The van der Waals surface area contributed by atoms with Crippen molar-refractivity contribution in [3.8, 4) is 0 Å². The number of H-pyrrole nitrogens is 1. The van der Waals surface area contributed by atoms with Crippen molar-refractivity contribution in [2.75, 3.05) is 19.6 Å². The number of benzene rings is 2. The van der Waals surface area contributed by atoms with E-state index in [1.165, 1.54) is 0 Å². The lowest BCUT2D eigenvalue weighted by molar-refractivity contribution is 0.0704. The smallest absolute Gasteiger partial charge is 0.256 e. The van der Waals surface area contributed by atoms with E-state index in [9.17, 15) is 4.79 Å². The van der Waals surface area contributed by atoms with Crippen LogP contribution in [0.4, 0.5) is 0 Å². The van der Waals surface area contributed by atoms with Gasteiger partial charge in [-0.25, -0.2) is 0 Å². The van der Waals surface area contributed by atoms with Crippen LogP contribution >= 0.6 is 11.6 Å². The van der Waals surface area contributed by atoms with E-state index in [4.69, 9.17) is 11.6 Å². The van der Waals surface area contributed by atoms with Gasteiger partial charge in [0.1, 0.15) is 0 Å². The minimum Gasteiger partial charge on any atom is -0.335 e. The lowest BCUT2D eigenvalue weighted by Crippen LogP contribution is -2.48. The highest BCUT2D eigenvalue weighted by molar-refractivity contribution is 6.31. The summed E-state index contributed by atoms with van der Waals surface area (Å²) in [6.07, 6.45) is 1.73. The van der Waals surface area contributed by atoms with Gasteiger partial charge in [-0.1, -0.05) is 41.9 Å². The van der Waals surface area contributed by atoms with Gasteiger partial charge in [-0.3, -0.25) is 9.89 Å². The van der Waals surface area contributed by atoms with Gasteiger partial charge in [-0.15, -0.1) is 0 Å². The molecule has 3 aromatic rings. The van der Waals surface area contributed by atoms with E-state index in [0.717, 1.165) is 28.0 Å². The highest BCUT2D eigenvalue weighted by Crippen LogP contribution is 2.26. The number of piperazine rings is 1. The number of fused-ring (bicyclic) bond motifs is 1. The van der Waals surface area contributed by atoms with E-state index in [2.05, 4.69) is 15.5 Å². The molecule has 0 bridgehead atoms. The van der Waals surface area contributed by atoms with Crippen LogP contribution in [0.1, 0.15) is 22.0 Å². The van der Waals surface area contributed by atoms with E-state index >= 15 is 0 Å². The first-order valence-corrected chi connectivity index (χ1v) is 8.31. The first kappa shape index (κ1) is 15.2. The van der Waals surface area contributed by atoms with Crippen molar-refractivity contribution in [1.29, 1.82) is 0 Å². The normalized spacial score (nSPS) is 18.0. The molecule has 0 aliphatic carbocycles. The summed E-state index contributed by atoms with van der Waals surface area (Å²) in [5, 5.41) is 12.1. The van der Waals surface area contributed by atoms with E-state index < -0.39 is 0 Å². The number of aromatic nitrogens is 2. The summed E-state index contributed by atoms with van der Waals surface area (Å²) < 4.78 is 0. The van der Waals surface area contributed by atoms with Crippen LogP contribution in [-0.4, -0.2) is 40.6 Å². The molecule has 1 aliphatic heterocycles. The van der Waals surface area contributed by atoms with Crippen LogP contribution in [0.2, 0.25) is 5.02 Å². The van der Waals surface area contributed by atoms with Crippen molar-refractivity contribution >= 4 is 28.4 Å². The van der Waals surface area contributed by atoms with Gasteiger partial charge in [0.15, 0.2) is 0 Å². The van der Waals surface area contributed by atoms with Gasteiger partial charge in [0, 0.05) is 30.0 Å². The number of halogens is 1. The van der Waals surface area contributed by atoms with Gasteiger partial charge in [-0.05, 0) is 17.7 Å². The number of para-hydroxylation sites is 1. The fourth-order valence-electron chi connectivity index (χ4n) is 3.22. The molecule has 0 spiro atoms. The average Bonchev–Trinajstić information content (AvgIpc) is 3.10. The number of hydrogen-bond acceptors (Lipinski definition) is 3. The van der Waals surface area contributed by atoms with Crippen molar-refractivity contribution < 1.29 is 4.79 Å². The van der Waals surface area contributed by atoms with Gasteiger partial charge < -0.3 is 10.2 Å². The Morgan fingerprint density at radius 1 is 1.21 bits per heavy atom. The van der Waals surface area contributed by atoms with Gasteiger partial charge in [-0.2, -0.15) is 5.10 Å². The molecule has 4 rings (SSSR count). The minimum absolute atomic E-state index is 0.0170. The van der Waals surface area contributed by atoms with Crippen LogP contribution in [0.15, 0.2) is 48.7 Å². The molecule has 1 aliphatic rings. The number of carbonyl (C=O) groups excluding carboxylic acids is 1. The Balaban J connectivity index is 1.61. The maximum atomic E-state index is 13.0. The van der Waals surface area contributed by atoms with Gasteiger partial charge >= 0.3 is 0 Å². The van der Waals surface area contributed by atoms with Crippen LogP contribution in [0, 0.1) is 0 Å². The minimum atomic E-state index is 0.0170. The second kappa shape index (κ2) is 6.26. The van der Waals surface area contributed by atoms with Crippen LogP contribution in [0.3, 0.4) is 0 Å². The van der Waals surface area contributed by atoms with Crippen molar-refractivity contribution in [2.24, 2.45) is 0 Å². The number of nitrogens with zero attached hydrogens (tertiary/aromatic N) is 2. The molecule has 1 atom stereocenters. The molecule has 0 radical (unpaired) electrons. The second-order valence-electron chi connectivity index (χ2n) is 5.92. The summed E-state index contributed by atoms with van der Waals surface area (Å²) in [5.41, 5.74) is 2.47. The molecule has 1 unspecified atom stereocenters. The summed E-state index contributed by atoms with van der Waals surface area (Å²) in [6.45, 7) is 2.00. The maximum Gasteiger partial charge on any atom is 0.256 e. The molecule has 1 fully saturated rings. The lowest BCUT2D eigenvalue weighted by atomic mass is 10.0. The Kier molecular flexibility index (Phi) is 3.96. The Bertz CT molecular complexity index is 891. The van der Waals surface area contributed by atoms with Crippen LogP contribution < -0.4 is 5.32 Å². The number of hydrogen-bond donors (Lipinski definition) is 2. The Morgan fingerprint density at radius 2 is 2.08 bits per heavy atom. The average molecular weight is 341 g/mol. The fraction of sp³-hybridized carbons (Fsp3) is 0.222. The molecule has 2 aromatic carbocycles. The maximum absolute atomic E-state index is 13.0. The summed E-state index contributed by atoms with van der Waals surface area (Å²) in [4.78, 5) is 14.9. The van der Waals surface area contributed by atoms with Crippen molar-refractivity contribution in [1.82, 2.24) is 20.4 Å². The van der Waals surface area contributed by atoms with Gasteiger partial charge in [0.25, 0.3) is 5.91 Å². The van der Waals surface area contributed by atoms with E-state index in [1.807, 2.05) is 47.4 Å². The molecular weight excluding hydrogens is 324 g/mol. The Hall–Kier alpha value is -2.37. The highest BCUT2D eigenvalue weighted by atomic mass is 35.5. The SMILES string of the molecule is O=C(c1cccc2cn[nH]c12)N1CCNC(c2ccccc2Cl)C1. The van der Waals surface area contributed by atoms with Gasteiger partial charge in [0.05, 0.1) is 23.3 Å². The number of rotatable bonds is 2. The molecule has 0 saturated carbocycles. The molecule has 1 amide bonds. The predicted octanol–water partition coefficient (Wildman–Crippen LogP) is 3.00. The van der Waals surface area contributed by atoms with Crippen molar-refractivity contribution in [3.63, 3.8) is 0 Å². The monoisotopic (exact) mass is 340 g/mol. The van der Waals surface area contributed by atoms with Crippen molar-refractivity contribution in [2.45, 2.75) is 6.04 Å². The predicted molar refractivity (Wildman–Crippen MR) is 94.2 cm³/mol. The summed E-state index contributed by atoms with van der Waals surface area (Å²) in [5.74, 6) is 0.0170. The number of aromatic amines is 1. The molecule has 122 valence electrons. The Labute approximate surface area is 144 Å². The quantitative estimate of drug-likeness (QED) is 0.754. The molecule has 5 nitrogen and oxygen atoms in total. The Morgan fingerprint density at radius 3 is 2.96 bits per heavy atom. The zero-order chi connectivity index (χ0) is 16.5. The molecule has 6 heteroatoms. The molecule has 1 aromatic heterocycles. The molecular formula is C18H17ClN4O. The highest BCUT2D eigenvalue weighted by Gasteiger charge is 2.27. The van der Waals surface area contributed by atoms with Crippen LogP contribution in [0.5, 0.6) is 0 Å². The third-order valence-corrected chi connectivity index (χ3v) is 4.79. The second-order valence-corrected chi connectivity index (χ2v) is 6.33. The first-order chi connectivity index (χ1) is 11.7.